The fourth-order valence-corrected chi connectivity index (χ4v) is 5.83. The van der Waals surface area contributed by atoms with Gasteiger partial charge in [0.15, 0.2) is 0 Å². The summed E-state index contributed by atoms with van der Waals surface area (Å²) in [7, 11) is 4.03. The van der Waals surface area contributed by atoms with Crippen LogP contribution in [-0.4, -0.2) is 82.2 Å². The number of carbonyl (C=O) groups excluding carboxylic acids is 2. The molecule has 2 heterocycles. The number of ether oxygens (including phenoxy) is 3. The Kier molecular flexibility index (Phi) is 17.0. The Labute approximate surface area is 354 Å². The first-order chi connectivity index (χ1) is 29.5. The molecule has 0 saturated heterocycles. The highest BCUT2D eigenvalue weighted by Crippen LogP contribution is 2.19. The lowest BCUT2D eigenvalue weighted by molar-refractivity contribution is 0.105. The van der Waals surface area contributed by atoms with Crippen molar-refractivity contribution < 1.29 is 28.9 Å². The van der Waals surface area contributed by atoms with E-state index >= 15 is 0 Å². The van der Waals surface area contributed by atoms with E-state index in [1.54, 1.807) is 56.3 Å². The molecule has 15 heteroatoms. The molecule has 15 nitrogen and oxygen atoms in total. The predicted octanol–water partition coefficient (Wildman–Crippen LogP) is 6.62. The second kappa shape index (κ2) is 23.0. The van der Waals surface area contributed by atoms with E-state index in [0.29, 0.717) is 42.6 Å². The number of aliphatic hydroxyl groups excluding tert-OH is 1. The maximum Gasteiger partial charge on any atom is 0.411 e. The van der Waals surface area contributed by atoms with Crippen molar-refractivity contribution in [2.45, 2.75) is 40.2 Å². The molecule has 0 atom stereocenters. The number of rotatable bonds is 16. The number of anilines is 2. The summed E-state index contributed by atoms with van der Waals surface area (Å²) in [6.45, 7) is 6.69. The minimum atomic E-state index is -0.525. The third-order valence-corrected chi connectivity index (χ3v) is 8.93. The Hall–Kier alpha value is -6.94. The molecule has 0 bridgehead atoms. The van der Waals surface area contributed by atoms with Gasteiger partial charge in [-0.2, -0.15) is 10.2 Å². The normalized spacial score (nSPS) is 10.7. The van der Waals surface area contributed by atoms with Gasteiger partial charge in [-0.3, -0.25) is 20.2 Å². The van der Waals surface area contributed by atoms with Crippen LogP contribution in [-0.2, 0) is 40.5 Å². The van der Waals surface area contributed by atoms with Gasteiger partial charge >= 0.3 is 12.2 Å². The topological polar surface area (TPSA) is 179 Å². The van der Waals surface area contributed by atoms with Crippen molar-refractivity contribution in [3.05, 3.63) is 164 Å². The number of nitrogens with zero attached hydrogens (tertiary/aromatic N) is 5. The molecule has 2 aromatic heterocycles. The summed E-state index contributed by atoms with van der Waals surface area (Å²) in [5, 5.41) is 23.4. The Morgan fingerprint density at radius 1 is 0.623 bits per heavy atom. The van der Waals surface area contributed by atoms with Crippen LogP contribution in [0.15, 0.2) is 131 Å². The summed E-state index contributed by atoms with van der Waals surface area (Å²) in [6.07, 6.45) is -1.04. The lowest BCUT2D eigenvalue weighted by Gasteiger charge is -2.11. The first-order valence-electron chi connectivity index (χ1n) is 19.8. The van der Waals surface area contributed by atoms with Gasteiger partial charge in [0.25, 0.3) is 11.1 Å². The van der Waals surface area contributed by atoms with Crippen LogP contribution in [0.3, 0.4) is 0 Å². The smallest absolute Gasteiger partial charge is 0.411 e. The number of benzene rings is 4. The molecule has 318 valence electrons. The number of likely N-dealkylation sites (N-methyl/N-ethyl adjacent to an activating group) is 1. The van der Waals surface area contributed by atoms with Crippen LogP contribution >= 0.6 is 0 Å². The summed E-state index contributed by atoms with van der Waals surface area (Å²) >= 11 is 0. The summed E-state index contributed by atoms with van der Waals surface area (Å²) in [4.78, 5) is 49.9. The van der Waals surface area contributed by atoms with E-state index in [-0.39, 0.29) is 37.4 Å². The molecule has 3 N–H and O–H groups in total. The van der Waals surface area contributed by atoms with E-state index in [4.69, 9.17) is 19.3 Å². The van der Waals surface area contributed by atoms with E-state index in [1.807, 2.05) is 80.8 Å². The lowest BCUT2D eigenvalue weighted by atomic mass is 10.1. The maximum absolute atomic E-state index is 12.4. The minimum absolute atomic E-state index is 0.0244. The molecule has 0 aliphatic rings. The maximum atomic E-state index is 12.4. The third-order valence-electron chi connectivity index (χ3n) is 8.93. The second-order valence-electron chi connectivity index (χ2n) is 13.9. The molecule has 0 unspecified atom stereocenters. The molecule has 61 heavy (non-hydrogen) atoms. The molecule has 0 fully saturated rings. The molecule has 6 rings (SSSR count). The number of aromatic nitrogens is 4. The van der Waals surface area contributed by atoms with Gasteiger partial charge in [0.2, 0.25) is 0 Å². The highest BCUT2D eigenvalue weighted by Gasteiger charge is 2.09. The van der Waals surface area contributed by atoms with Crippen molar-refractivity contribution in [2.24, 2.45) is 0 Å². The summed E-state index contributed by atoms with van der Waals surface area (Å²) in [5.74, 6) is 0. The van der Waals surface area contributed by atoms with Crippen LogP contribution in [0.4, 0.5) is 21.0 Å². The number of hydrogen-bond donors (Lipinski definition) is 3. The van der Waals surface area contributed by atoms with Gasteiger partial charge in [-0.25, -0.2) is 19.0 Å². The summed E-state index contributed by atoms with van der Waals surface area (Å²) in [6, 6.07) is 36.1. The fourth-order valence-electron chi connectivity index (χ4n) is 5.83. The fraction of sp³-hybridized carbons (Fsp3) is 0.261. The third kappa shape index (κ3) is 14.4. The van der Waals surface area contributed by atoms with Gasteiger partial charge in [-0.05, 0) is 86.6 Å². The molecule has 0 radical (unpaired) electrons. The highest BCUT2D eigenvalue weighted by atomic mass is 16.6. The SMILES string of the molecule is CCOC(=O)Nc1cccc(Cn2nc(-c3ccc(CO)cc3)ccc2=O)c1.CCOC(=O)Nc1cccc(Cn2nc(-c3ccc(COCCN(C)C)cc3)ccc2=O)c1. The van der Waals surface area contributed by atoms with Crippen molar-refractivity contribution in [3.8, 4) is 22.5 Å². The number of carbonyl (C=O) groups is 2. The van der Waals surface area contributed by atoms with Gasteiger partial charge in [0, 0.05) is 41.2 Å². The first kappa shape index (κ1) is 45.1. The monoisotopic (exact) mass is 829 g/mol. The largest absolute Gasteiger partial charge is 0.450 e. The van der Waals surface area contributed by atoms with Crippen molar-refractivity contribution in [2.75, 3.05) is 51.1 Å². The van der Waals surface area contributed by atoms with Crippen LogP contribution in [0.2, 0.25) is 0 Å². The predicted molar refractivity (Wildman–Crippen MR) is 234 cm³/mol. The van der Waals surface area contributed by atoms with Gasteiger partial charge in [0.05, 0.1) is 57.5 Å². The van der Waals surface area contributed by atoms with Crippen molar-refractivity contribution >= 4 is 23.6 Å². The summed E-state index contributed by atoms with van der Waals surface area (Å²) in [5.41, 5.74) is 7.42. The van der Waals surface area contributed by atoms with E-state index in [0.717, 1.165) is 39.9 Å². The van der Waals surface area contributed by atoms with Crippen LogP contribution < -0.4 is 21.8 Å². The zero-order valence-electron chi connectivity index (χ0n) is 34.7. The minimum Gasteiger partial charge on any atom is -0.450 e. The molecule has 0 saturated carbocycles. The first-order valence-corrected chi connectivity index (χ1v) is 19.8. The zero-order valence-corrected chi connectivity index (χ0v) is 34.7. The van der Waals surface area contributed by atoms with E-state index in [1.165, 1.54) is 21.5 Å². The lowest BCUT2D eigenvalue weighted by Crippen LogP contribution is -2.23. The molecule has 0 spiro atoms. The quantitative estimate of drug-likeness (QED) is 0.0893. The molecule has 4 aromatic carbocycles. The van der Waals surface area contributed by atoms with Gasteiger partial charge < -0.3 is 24.2 Å². The average Bonchev–Trinajstić information content (AvgIpc) is 3.25. The molecule has 0 aliphatic heterocycles. The van der Waals surface area contributed by atoms with Gasteiger partial charge in [-0.15, -0.1) is 0 Å². The second-order valence-corrected chi connectivity index (χ2v) is 13.9. The number of hydrogen-bond acceptors (Lipinski definition) is 11. The molecule has 2 amide bonds. The van der Waals surface area contributed by atoms with Crippen LogP contribution in [0.5, 0.6) is 0 Å². The van der Waals surface area contributed by atoms with Crippen molar-refractivity contribution in [1.82, 2.24) is 24.5 Å². The number of aliphatic hydroxyl groups is 1. The van der Waals surface area contributed by atoms with Crippen molar-refractivity contribution in [1.29, 1.82) is 0 Å². The molecular weight excluding hydrogens is 779 g/mol. The van der Waals surface area contributed by atoms with E-state index in [2.05, 4.69) is 25.7 Å². The van der Waals surface area contributed by atoms with E-state index < -0.39 is 12.2 Å². The van der Waals surface area contributed by atoms with Crippen LogP contribution in [0, 0.1) is 0 Å². The Morgan fingerprint density at radius 3 is 1.51 bits per heavy atom. The van der Waals surface area contributed by atoms with E-state index in [9.17, 15) is 19.2 Å². The Morgan fingerprint density at radius 2 is 1.08 bits per heavy atom. The number of nitrogens with one attached hydrogen (secondary N) is 2. The number of amides is 2. The van der Waals surface area contributed by atoms with Gasteiger partial charge in [-0.1, -0.05) is 72.8 Å². The van der Waals surface area contributed by atoms with Gasteiger partial charge in [0.1, 0.15) is 0 Å². The zero-order chi connectivity index (χ0) is 43.6. The molecular formula is C46H51N7O8. The Balaban J connectivity index is 0.000000234. The van der Waals surface area contributed by atoms with Crippen LogP contribution in [0.25, 0.3) is 22.5 Å². The summed E-state index contributed by atoms with van der Waals surface area (Å²) < 4.78 is 18.3. The molecule has 0 aliphatic carbocycles. The Bertz CT molecular complexity index is 2470. The molecule has 6 aromatic rings. The van der Waals surface area contributed by atoms with Crippen molar-refractivity contribution in [3.63, 3.8) is 0 Å². The standard InChI is InChI=1S/C25H30N4O4.C21H21N3O4/c1-4-33-25(31)26-22-7-5-6-20(16-22)17-29-24(30)13-12-23(27-29)21-10-8-19(9-11-21)18-32-15-14-28(2)3;1-2-28-21(27)22-18-5-3-4-16(12-18)13-24-20(26)11-10-19(23-24)17-8-6-15(14-25)7-9-17/h5-13,16H,4,14-15,17-18H2,1-3H3,(H,26,31);3-12,25H,2,13-14H2,1H3,(H,22,27). The average molecular weight is 830 g/mol. The van der Waals surface area contributed by atoms with Crippen LogP contribution in [0.1, 0.15) is 36.1 Å². The highest BCUT2D eigenvalue weighted by molar-refractivity contribution is 5.85.